The molecule has 0 aliphatic heterocycles. The topological polar surface area (TPSA) is 100 Å². The minimum Gasteiger partial charge on any atom is -0.364 e. The summed E-state index contributed by atoms with van der Waals surface area (Å²) in [6, 6.07) is 0. The molecule has 0 amide bonds. The summed E-state index contributed by atoms with van der Waals surface area (Å²) in [7, 11) is 4.93. The fraction of sp³-hybridized carbons (Fsp3) is 0.533. The molecule has 0 rings (SSSR count). The molecule has 0 aromatic heterocycles. The molecule has 0 saturated carbocycles. The van der Waals surface area contributed by atoms with Gasteiger partial charge in [-0.25, -0.2) is 15.0 Å². The van der Waals surface area contributed by atoms with Crippen LogP contribution >= 0.6 is 0 Å². The van der Waals surface area contributed by atoms with Crippen molar-refractivity contribution in [3.8, 4) is 0 Å². The maximum Gasteiger partial charge on any atom is 0.237 e. The lowest BCUT2D eigenvalue weighted by molar-refractivity contribution is 0.123. The summed E-state index contributed by atoms with van der Waals surface area (Å²) in [5.41, 5.74) is 0. The first-order valence-electron chi connectivity index (χ1n) is 7.00. The van der Waals surface area contributed by atoms with Crippen LogP contribution in [0.25, 0.3) is 0 Å². The Hall–Kier alpha value is -2.35. The average molecular weight is 325 g/mol. The fourth-order valence-electron chi connectivity index (χ4n) is 0.737. The van der Waals surface area contributed by atoms with Crippen LogP contribution in [0.4, 0.5) is 0 Å². The molecule has 0 heterocycles. The Bertz CT molecular complexity index is 387. The van der Waals surface area contributed by atoms with Gasteiger partial charge >= 0.3 is 0 Å². The van der Waals surface area contributed by atoms with Crippen LogP contribution in [0, 0.1) is 10.8 Å². The Labute approximate surface area is 140 Å². The lowest BCUT2D eigenvalue weighted by Gasteiger charge is -2.13. The van der Waals surface area contributed by atoms with Gasteiger partial charge in [-0.1, -0.05) is 19.1 Å². The first-order chi connectivity index (χ1) is 10.9. The smallest absolute Gasteiger partial charge is 0.237 e. The molecule has 0 atom stereocenters. The van der Waals surface area contributed by atoms with Crippen LogP contribution in [0.1, 0.15) is 27.2 Å². The van der Waals surface area contributed by atoms with Gasteiger partial charge in [-0.3, -0.25) is 10.8 Å². The lowest BCUT2D eigenvalue weighted by Crippen LogP contribution is -2.25. The van der Waals surface area contributed by atoms with Crippen molar-refractivity contribution in [3.63, 3.8) is 0 Å². The number of hydrogen-bond acceptors (Lipinski definition) is 4. The van der Waals surface area contributed by atoms with Crippen molar-refractivity contribution in [2.45, 2.75) is 27.2 Å². The molecule has 0 aliphatic carbocycles. The summed E-state index contributed by atoms with van der Waals surface area (Å²) >= 11 is 0. The van der Waals surface area contributed by atoms with Crippen molar-refractivity contribution in [3.05, 3.63) is 12.2 Å². The largest absolute Gasteiger partial charge is 0.364 e. The van der Waals surface area contributed by atoms with E-state index in [1.807, 2.05) is 32.9 Å². The molecule has 8 nitrogen and oxygen atoms in total. The van der Waals surface area contributed by atoms with E-state index in [2.05, 4.69) is 28.5 Å². The highest BCUT2D eigenvalue weighted by atomic mass is 16.5. The molecule has 8 heteroatoms. The van der Waals surface area contributed by atoms with Crippen LogP contribution in [0.5, 0.6) is 0 Å². The maximum absolute atomic E-state index is 7.10. The molecule has 132 valence electrons. The fourth-order valence-corrected chi connectivity index (χ4v) is 0.737. The Kier molecular flexibility index (Phi) is 21.9. The molecule has 2 N–H and O–H groups in total. The van der Waals surface area contributed by atoms with Crippen LogP contribution in [0.3, 0.4) is 0 Å². The Morgan fingerprint density at radius 3 is 1.87 bits per heavy atom. The second kappa shape index (κ2) is 19.7. The van der Waals surface area contributed by atoms with Crippen LogP contribution < -0.4 is 0 Å². The molecule has 0 spiro atoms. The van der Waals surface area contributed by atoms with Crippen molar-refractivity contribution in [1.29, 1.82) is 10.8 Å². The van der Waals surface area contributed by atoms with Crippen molar-refractivity contribution in [2.24, 2.45) is 15.1 Å². The van der Waals surface area contributed by atoms with Crippen molar-refractivity contribution >= 4 is 31.6 Å². The monoisotopic (exact) mass is 325 g/mol. The summed E-state index contributed by atoms with van der Waals surface area (Å²) < 4.78 is 4.72. The van der Waals surface area contributed by atoms with E-state index < -0.39 is 0 Å². The highest BCUT2D eigenvalue weighted by Crippen LogP contribution is 1.85. The quantitative estimate of drug-likeness (QED) is 0.273. The molecule has 0 fully saturated rings. The van der Waals surface area contributed by atoms with Gasteiger partial charge in [-0.15, -0.1) is 0 Å². The molecule has 0 radical (unpaired) electrons. The zero-order chi connectivity index (χ0) is 18.7. The predicted molar refractivity (Wildman–Crippen MR) is 101 cm³/mol. The minimum absolute atomic E-state index is 0.0599. The first-order valence-corrected chi connectivity index (χ1v) is 7.00. The van der Waals surface area contributed by atoms with Crippen LogP contribution in [-0.4, -0.2) is 69.4 Å². The Morgan fingerprint density at radius 2 is 1.57 bits per heavy atom. The number of aliphatic imine (C=N–C) groups is 2. The first kappa shape index (κ1) is 25.6. The minimum atomic E-state index is 0.0599. The third kappa shape index (κ3) is 19.6. The molecule has 0 bridgehead atoms. The molecule has 0 unspecified atom stereocenters. The Morgan fingerprint density at radius 1 is 1.09 bits per heavy atom. The second-order valence-electron chi connectivity index (χ2n) is 3.98. The van der Waals surface area contributed by atoms with Gasteiger partial charge in [0.1, 0.15) is 6.73 Å². The molecular formula is C15H31N7O. The SMILES string of the molecule is C=NC(=N)N(C)/N=C\CC.C=NC(=N)N(C)COC.CC=CC. The summed E-state index contributed by atoms with van der Waals surface area (Å²) in [5.74, 6) is 0.182. The number of hydrogen-bond donors (Lipinski definition) is 2. The van der Waals surface area contributed by atoms with Gasteiger partial charge in [0.15, 0.2) is 0 Å². The summed E-state index contributed by atoms with van der Waals surface area (Å²) in [6.07, 6.45) is 6.56. The highest BCUT2D eigenvalue weighted by molar-refractivity contribution is 5.81. The normalized spacial score (nSPS) is 9.30. The molecule has 0 aromatic rings. The average Bonchev–Trinajstić information content (AvgIpc) is 2.58. The van der Waals surface area contributed by atoms with Gasteiger partial charge < -0.3 is 9.64 Å². The van der Waals surface area contributed by atoms with Gasteiger partial charge in [0.2, 0.25) is 11.9 Å². The summed E-state index contributed by atoms with van der Waals surface area (Å²) in [5, 5.41) is 19.4. The van der Waals surface area contributed by atoms with E-state index in [0.29, 0.717) is 6.73 Å². The van der Waals surface area contributed by atoms with Gasteiger partial charge in [0.25, 0.3) is 0 Å². The zero-order valence-corrected chi connectivity index (χ0v) is 15.2. The van der Waals surface area contributed by atoms with Gasteiger partial charge in [0, 0.05) is 27.4 Å². The van der Waals surface area contributed by atoms with Crippen LogP contribution in [0.2, 0.25) is 0 Å². The number of nitrogens with zero attached hydrogens (tertiary/aromatic N) is 5. The number of methoxy groups -OCH3 is 1. The number of rotatable bonds is 4. The number of nitrogens with one attached hydrogen (secondary N) is 2. The van der Waals surface area contributed by atoms with E-state index in [4.69, 9.17) is 15.6 Å². The number of ether oxygens (including phenoxy) is 1. The maximum atomic E-state index is 7.10. The van der Waals surface area contributed by atoms with E-state index in [-0.39, 0.29) is 11.9 Å². The third-order valence-electron chi connectivity index (χ3n) is 2.06. The van der Waals surface area contributed by atoms with Crippen molar-refractivity contribution in [1.82, 2.24) is 9.91 Å². The molecule has 0 saturated heterocycles. The van der Waals surface area contributed by atoms with Gasteiger partial charge in [0.05, 0.1) is 0 Å². The third-order valence-corrected chi connectivity index (χ3v) is 2.06. The highest BCUT2D eigenvalue weighted by Gasteiger charge is 1.97. The lowest BCUT2D eigenvalue weighted by atomic mass is 10.6. The van der Waals surface area contributed by atoms with E-state index in [0.717, 1.165) is 6.42 Å². The predicted octanol–water partition coefficient (Wildman–Crippen LogP) is 2.69. The molecular weight excluding hydrogens is 294 g/mol. The van der Waals surface area contributed by atoms with Crippen LogP contribution in [-0.2, 0) is 4.74 Å². The summed E-state index contributed by atoms with van der Waals surface area (Å²) in [6.45, 7) is 12.7. The Balaban J connectivity index is -0.000000284. The van der Waals surface area contributed by atoms with E-state index in [1.165, 1.54) is 9.91 Å². The van der Waals surface area contributed by atoms with Crippen molar-refractivity contribution < 1.29 is 4.74 Å². The van der Waals surface area contributed by atoms with E-state index >= 15 is 0 Å². The molecule has 0 aliphatic rings. The molecule has 23 heavy (non-hydrogen) atoms. The van der Waals surface area contributed by atoms with Gasteiger partial charge in [-0.05, 0) is 33.7 Å². The van der Waals surface area contributed by atoms with Crippen LogP contribution in [0.15, 0.2) is 27.2 Å². The number of allylic oxidation sites excluding steroid dienone is 2. The summed E-state index contributed by atoms with van der Waals surface area (Å²) in [4.78, 5) is 8.31. The standard InChI is InChI=1S/C6H12N4.C5H11N3O.C4H8/c1-4-5-9-10(3)6(7)8-2;1-7-5(6)8(2)4-9-3;1-3-4-2/h5,7H,2,4H2,1,3H3;6H,1,4H2,2-3H3;3-4H,1-2H3/b7-6?,9-5-;;. The van der Waals surface area contributed by atoms with E-state index in [9.17, 15) is 0 Å². The van der Waals surface area contributed by atoms with E-state index in [1.54, 1.807) is 27.4 Å². The number of hydrazone groups is 1. The second-order valence-corrected chi connectivity index (χ2v) is 3.98. The van der Waals surface area contributed by atoms with Gasteiger partial charge in [-0.2, -0.15) is 5.10 Å². The zero-order valence-electron chi connectivity index (χ0n) is 15.2. The van der Waals surface area contributed by atoms with Crippen molar-refractivity contribution in [2.75, 3.05) is 27.9 Å². The number of guanidine groups is 2. The molecule has 0 aromatic carbocycles.